The van der Waals surface area contributed by atoms with Gasteiger partial charge in [-0.3, -0.25) is 14.9 Å². The molecule has 0 radical (unpaired) electrons. The third-order valence-corrected chi connectivity index (χ3v) is 4.65. The van der Waals surface area contributed by atoms with Gasteiger partial charge in [0.25, 0.3) is 0 Å². The van der Waals surface area contributed by atoms with Gasteiger partial charge in [0.05, 0.1) is 5.69 Å². The molecule has 1 aliphatic heterocycles. The molecule has 1 aromatic carbocycles. The number of pyridine rings is 2. The number of aromatic nitrogens is 2. The van der Waals surface area contributed by atoms with Crippen molar-refractivity contribution in [1.29, 1.82) is 0 Å². The van der Waals surface area contributed by atoms with Crippen LogP contribution in [-0.4, -0.2) is 21.7 Å². The van der Waals surface area contributed by atoms with Gasteiger partial charge in [0.15, 0.2) is 11.5 Å². The second-order valence-corrected chi connectivity index (χ2v) is 6.71. The summed E-state index contributed by atoms with van der Waals surface area (Å²) >= 11 is 0. The van der Waals surface area contributed by atoms with Gasteiger partial charge in [-0.05, 0) is 47.4 Å². The lowest BCUT2D eigenvalue weighted by Gasteiger charge is -2.22. The van der Waals surface area contributed by atoms with Crippen LogP contribution in [0.5, 0.6) is 11.5 Å². The van der Waals surface area contributed by atoms with E-state index >= 15 is 0 Å². The molecular weight excluding hydrogens is 338 g/mol. The van der Waals surface area contributed by atoms with Gasteiger partial charge in [0.1, 0.15) is 0 Å². The van der Waals surface area contributed by atoms with E-state index in [1.165, 1.54) is 16.7 Å². The third kappa shape index (κ3) is 4.44. The first-order valence-corrected chi connectivity index (χ1v) is 9.24. The highest BCUT2D eigenvalue weighted by Crippen LogP contribution is 2.33. The maximum atomic E-state index is 5.52. The summed E-state index contributed by atoms with van der Waals surface area (Å²) < 4.78 is 10.9. The van der Waals surface area contributed by atoms with Crippen LogP contribution in [0.1, 0.15) is 29.3 Å². The Morgan fingerprint density at radius 3 is 2.52 bits per heavy atom. The van der Waals surface area contributed by atoms with Crippen LogP contribution in [0.4, 0.5) is 0 Å². The van der Waals surface area contributed by atoms with E-state index in [0.717, 1.165) is 43.2 Å². The van der Waals surface area contributed by atoms with Gasteiger partial charge < -0.3 is 9.47 Å². The maximum absolute atomic E-state index is 5.52. The molecule has 0 atom stereocenters. The van der Waals surface area contributed by atoms with Crippen LogP contribution in [0.25, 0.3) is 0 Å². The van der Waals surface area contributed by atoms with E-state index in [1.54, 1.807) is 6.20 Å². The number of nitrogens with zero attached hydrogens (tertiary/aromatic N) is 3. The van der Waals surface area contributed by atoms with Crippen molar-refractivity contribution in [2.75, 3.05) is 6.79 Å². The molecular formula is C22H23N3O2. The van der Waals surface area contributed by atoms with Crippen LogP contribution in [0, 0.1) is 0 Å². The molecule has 0 unspecified atom stereocenters. The monoisotopic (exact) mass is 361 g/mol. The van der Waals surface area contributed by atoms with Crippen molar-refractivity contribution in [3.63, 3.8) is 0 Å². The molecule has 0 N–H and O–H groups in total. The smallest absolute Gasteiger partial charge is 0.231 e. The summed E-state index contributed by atoms with van der Waals surface area (Å²) in [5, 5.41) is 0. The van der Waals surface area contributed by atoms with E-state index in [2.05, 4.69) is 52.1 Å². The highest BCUT2D eigenvalue weighted by atomic mass is 16.7. The fourth-order valence-corrected chi connectivity index (χ4v) is 3.20. The molecule has 0 saturated heterocycles. The van der Waals surface area contributed by atoms with Gasteiger partial charge in [0.2, 0.25) is 6.79 Å². The van der Waals surface area contributed by atoms with Crippen LogP contribution in [0.15, 0.2) is 61.1 Å². The minimum Gasteiger partial charge on any atom is -0.454 e. The zero-order valence-corrected chi connectivity index (χ0v) is 15.5. The number of hydrogen-bond acceptors (Lipinski definition) is 5. The van der Waals surface area contributed by atoms with Crippen LogP contribution < -0.4 is 9.47 Å². The Hall–Kier alpha value is -2.92. The van der Waals surface area contributed by atoms with Crippen molar-refractivity contribution in [3.8, 4) is 11.5 Å². The van der Waals surface area contributed by atoms with E-state index < -0.39 is 0 Å². The standard InChI is InChI=1S/C22H23N3O2/c1-2-17-5-7-20(24-12-17)15-25(14-19-4-3-9-23-11-19)13-18-6-8-21-22(10-18)27-16-26-21/h3-12H,2,13-16H2,1H3. The fourth-order valence-electron chi connectivity index (χ4n) is 3.20. The first kappa shape index (κ1) is 17.5. The fraction of sp³-hybridized carbons (Fsp3) is 0.273. The maximum Gasteiger partial charge on any atom is 0.231 e. The molecule has 3 heterocycles. The molecule has 0 amide bonds. The number of hydrogen-bond donors (Lipinski definition) is 0. The Morgan fingerprint density at radius 1 is 0.889 bits per heavy atom. The highest BCUT2D eigenvalue weighted by molar-refractivity contribution is 5.44. The predicted octanol–water partition coefficient (Wildman–Crippen LogP) is 3.97. The predicted molar refractivity (Wildman–Crippen MR) is 103 cm³/mol. The van der Waals surface area contributed by atoms with E-state index in [1.807, 2.05) is 24.5 Å². The Labute approximate surface area is 159 Å². The molecule has 0 spiro atoms. The van der Waals surface area contributed by atoms with E-state index in [-0.39, 0.29) is 0 Å². The van der Waals surface area contributed by atoms with Gasteiger partial charge in [0, 0.05) is 38.2 Å². The van der Waals surface area contributed by atoms with E-state index in [9.17, 15) is 0 Å². The second-order valence-electron chi connectivity index (χ2n) is 6.71. The number of fused-ring (bicyclic) bond motifs is 1. The molecule has 0 aliphatic carbocycles. The molecule has 3 aromatic rings. The van der Waals surface area contributed by atoms with Gasteiger partial charge >= 0.3 is 0 Å². The molecule has 27 heavy (non-hydrogen) atoms. The minimum atomic E-state index is 0.298. The summed E-state index contributed by atoms with van der Waals surface area (Å²) in [5.74, 6) is 1.63. The highest BCUT2D eigenvalue weighted by Gasteiger charge is 2.15. The Kier molecular flexibility index (Phi) is 5.30. The lowest BCUT2D eigenvalue weighted by molar-refractivity contribution is 0.174. The van der Waals surface area contributed by atoms with E-state index in [0.29, 0.717) is 6.79 Å². The van der Waals surface area contributed by atoms with Crippen molar-refractivity contribution in [2.45, 2.75) is 33.0 Å². The van der Waals surface area contributed by atoms with Crippen LogP contribution in [0.3, 0.4) is 0 Å². The third-order valence-electron chi connectivity index (χ3n) is 4.65. The van der Waals surface area contributed by atoms with Crippen molar-refractivity contribution in [3.05, 3.63) is 83.4 Å². The molecule has 138 valence electrons. The lowest BCUT2D eigenvalue weighted by atomic mass is 10.1. The molecule has 0 saturated carbocycles. The molecule has 2 aromatic heterocycles. The summed E-state index contributed by atoms with van der Waals surface area (Å²) in [6.07, 6.45) is 6.69. The minimum absolute atomic E-state index is 0.298. The Bertz CT molecular complexity index is 882. The van der Waals surface area contributed by atoms with Gasteiger partial charge in [-0.25, -0.2) is 0 Å². The quantitative estimate of drug-likeness (QED) is 0.637. The summed E-state index contributed by atoms with van der Waals surface area (Å²) in [4.78, 5) is 11.2. The lowest BCUT2D eigenvalue weighted by Crippen LogP contribution is -2.23. The summed E-state index contributed by atoms with van der Waals surface area (Å²) in [6, 6.07) is 14.5. The van der Waals surface area contributed by atoms with E-state index in [4.69, 9.17) is 9.47 Å². The van der Waals surface area contributed by atoms with Crippen LogP contribution >= 0.6 is 0 Å². The van der Waals surface area contributed by atoms with Gasteiger partial charge in [-0.15, -0.1) is 0 Å². The number of rotatable bonds is 7. The molecule has 5 heteroatoms. The number of benzene rings is 1. The number of ether oxygens (including phenoxy) is 2. The van der Waals surface area contributed by atoms with Crippen molar-refractivity contribution < 1.29 is 9.47 Å². The normalized spacial score (nSPS) is 12.5. The summed E-state index contributed by atoms with van der Waals surface area (Å²) in [6.45, 7) is 4.81. The SMILES string of the molecule is CCc1ccc(CN(Cc2cccnc2)Cc2ccc3c(c2)OCO3)nc1. The first-order chi connectivity index (χ1) is 13.3. The van der Waals surface area contributed by atoms with Gasteiger partial charge in [-0.2, -0.15) is 0 Å². The van der Waals surface area contributed by atoms with Crippen molar-refractivity contribution in [2.24, 2.45) is 0 Å². The molecule has 0 fully saturated rings. The molecule has 4 rings (SSSR count). The zero-order valence-electron chi connectivity index (χ0n) is 15.5. The zero-order chi connectivity index (χ0) is 18.5. The largest absolute Gasteiger partial charge is 0.454 e. The Balaban J connectivity index is 1.53. The summed E-state index contributed by atoms with van der Waals surface area (Å²) in [5.41, 5.74) is 4.70. The molecule has 0 bridgehead atoms. The average molecular weight is 361 g/mol. The van der Waals surface area contributed by atoms with Crippen LogP contribution in [0.2, 0.25) is 0 Å². The van der Waals surface area contributed by atoms with Crippen LogP contribution in [-0.2, 0) is 26.1 Å². The average Bonchev–Trinajstić information content (AvgIpc) is 3.17. The Morgan fingerprint density at radius 2 is 1.74 bits per heavy atom. The molecule has 5 nitrogen and oxygen atoms in total. The van der Waals surface area contributed by atoms with Crippen molar-refractivity contribution in [1.82, 2.24) is 14.9 Å². The first-order valence-electron chi connectivity index (χ1n) is 9.24. The van der Waals surface area contributed by atoms with Crippen molar-refractivity contribution >= 4 is 0 Å². The number of aryl methyl sites for hydroxylation is 1. The molecule has 1 aliphatic rings. The second kappa shape index (κ2) is 8.18. The topological polar surface area (TPSA) is 47.5 Å². The van der Waals surface area contributed by atoms with Gasteiger partial charge in [-0.1, -0.05) is 25.1 Å². The summed E-state index contributed by atoms with van der Waals surface area (Å²) in [7, 11) is 0.